The fraction of sp³-hybridized carbons (Fsp3) is 0.400. The van der Waals surface area contributed by atoms with Gasteiger partial charge in [-0.25, -0.2) is 4.98 Å². The maximum atomic E-state index is 4.72. The van der Waals surface area contributed by atoms with Gasteiger partial charge in [-0.05, 0) is 12.5 Å². The number of hydrogen-bond acceptors (Lipinski definition) is 4. The first-order chi connectivity index (χ1) is 9.34. The molecule has 0 radical (unpaired) electrons. The van der Waals surface area contributed by atoms with E-state index < -0.39 is 0 Å². The third-order valence-corrected chi connectivity index (χ3v) is 4.52. The third kappa shape index (κ3) is 2.86. The molecule has 1 aromatic heterocycles. The van der Waals surface area contributed by atoms with Gasteiger partial charge in [0.25, 0.3) is 0 Å². The first kappa shape index (κ1) is 12.8. The standard InChI is InChI=1S/C15H19N3S/c1-12-11-19-15(17-12)14(13-5-3-2-4-6-13)18-9-7-16-8-10-18/h2-6,11,14,16H,7-10H2,1H3. The lowest BCUT2D eigenvalue weighted by Crippen LogP contribution is -2.45. The minimum absolute atomic E-state index is 0.307. The van der Waals surface area contributed by atoms with Gasteiger partial charge in [0, 0.05) is 37.3 Å². The predicted molar refractivity (Wildman–Crippen MR) is 79.6 cm³/mol. The van der Waals surface area contributed by atoms with E-state index in [4.69, 9.17) is 4.98 Å². The van der Waals surface area contributed by atoms with E-state index in [1.807, 2.05) is 0 Å². The van der Waals surface area contributed by atoms with E-state index in [2.05, 4.69) is 52.9 Å². The average Bonchev–Trinajstić information content (AvgIpc) is 2.88. The van der Waals surface area contributed by atoms with E-state index in [0.717, 1.165) is 31.9 Å². The van der Waals surface area contributed by atoms with E-state index in [9.17, 15) is 0 Å². The molecular formula is C15H19N3S. The Morgan fingerprint density at radius 3 is 2.58 bits per heavy atom. The summed E-state index contributed by atoms with van der Waals surface area (Å²) in [4.78, 5) is 7.25. The van der Waals surface area contributed by atoms with E-state index in [-0.39, 0.29) is 0 Å². The molecule has 2 heterocycles. The summed E-state index contributed by atoms with van der Waals surface area (Å²) >= 11 is 1.77. The Bertz CT molecular complexity index is 517. The van der Waals surface area contributed by atoms with Gasteiger partial charge in [-0.1, -0.05) is 30.3 Å². The van der Waals surface area contributed by atoms with Gasteiger partial charge in [-0.3, -0.25) is 4.90 Å². The smallest absolute Gasteiger partial charge is 0.115 e. The molecule has 100 valence electrons. The summed E-state index contributed by atoms with van der Waals surface area (Å²) in [5.74, 6) is 0. The lowest BCUT2D eigenvalue weighted by molar-refractivity contribution is 0.198. The number of thiazole rings is 1. The van der Waals surface area contributed by atoms with Gasteiger partial charge in [0.05, 0.1) is 6.04 Å². The average molecular weight is 273 g/mol. The molecule has 1 aliphatic heterocycles. The summed E-state index contributed by atoms with van der Waals surface area (Å²) in [5.41, 5.74) is 2.47. The zero-order valence-electron chi connectivity index (χ0n) is 11.2. The second-order valence-electron chi connectivity index (χ2n) is 4.93. The summed E-state index contributed by atoms with van der Waals surface area (Å²) in [6.07, 6.45) is 0. The SMILES string of the molecule is Cc1csc(C(c2ccccc2)N2CCNCC2)n1. The van der Waals surface area contributed by atoms with Crippen molar-refractivity contribution in [3.63, 3.8) is 0 Å². The molecule has 1 saturated heterocycles. The van der Waals surface area contributed by atoms with Crippen LogP contribution in [0.1, 0.15) is 22.3 Å². The van der Waals surface area contributed by atoms with Crippen LogP contribution in [-0.4, -0.2) is 36.1 Å². The Kier molecular flexibility index (Phi) is 3.92. The molecule has 2 aromatic rings. The third-order valence-electron chi connectivity index (χ3n) is 3.50. The number of benzene rings is 1. The van der Waals surface area contributed by atoms with Crippen molar-refractivity contribution >= 4 is 11.3 Å². The number of aromatic nitrogens is 1. The van der Waals surface area contributed by atoms with Gasteiger partial charge in [0.1, 0.15) is 5.01 Å². The van der Waals surface area contributed by atoms with Crippen LogP contribution in [-0.2, 0) is 0 Å². The van der Waals surface area contributed by atoms with Gasteiger partial charge in [-0.2, -0.15) is 0 Å². The number of nitrogens with zero attached hydrogens (tertiary/aromatic N) is 2. The molecule has 0 aliphatic carbocycles. The largest absolute Gasteiger partial charge is 0.314 e. The zero-order valence-corrected chi connectivity index (χ0v) is 12.0. The lowest BCUT2D eigenvalue weighted by Gasteiger charge is -2.34. The Labute approximate surface area is 118 Å². The number of rotatable bonds is 3. The number of nitrogens with one attached hydrogen (secondary N) is 1. The van der Waals surface area contributed by atoms with Crippen LogP contribution in [0.5, 0.6) is 0 Å². The molecule has 1 N–H and O–H groups in total. The van der Waals surface area contributed by atoms with Crippen molar-refractivity contribution in [3.05, 3.63) is 52.0 Å². The molecule has 3 rings (SSSR count). The second kappa shape index (κ2) is 5.82. The van der Waals surface area contributed by atoms with Crippen LogP contribution in [0.15, 0.2) is 35.7 Å². The van der Waals surface area contributed by atoms with Crippen LogP contribution in [0.3, 0.4) is 0 Å². The van der Waals surface area contributed by atoms with Crippen LogP contribution >= 0.6 is 11.3 Å². The van der Waals surface area contributed by atoms with E-state index in [1.165, 1.54) is 10.6 Å². The van der Waals surface area contributed by atoms with Gasteiger partial charge in [0.15, 0.2) is 0 Å². The topological polar surface area (TPSA) is 28.2 Å². The van der Waals surface area contributed by atoms with Gasteiger partial charge in [0.2, 0.25) is 0 Å². The number of piperazine rings is 1. The maximum absolute atomic E-state index is 4.72. The zero-order chi connectivity index (χ0) is 13.1. The monoisotopic (exact) mass is 273 g/mol. The molecule has 1 fully saturated rings. The highest BCUT2D eigenvalue weighted by Crippen LogP contribution is 2.30. The Morgan fingerprint density at radius 1 is 1.21 bits per heavy atom. The Hall–Kier alpha value is -1.23. The summed E-state index contributed by atoms with van der Waals surface area (Å²) in [6.45, 7) is 6.36. The maximum Gasteiger partial charge on any atom is 0.115 e. The van der Waals surface area contributed by atoms with E-state index in [1.54, 1.807) is 11.3 Å². The van der Waals surface area contributed by atoms with E-state index in [0.29, 0.717) is 6.04 Å². The van der Waals surface area contributed by atoms with Crippen LogP contribution in [0.4, 0.5) is 0 Å². The normalized spacial score (nSPS) is 18.4. The fourth-order valence-corrected chi connectivity index (χ4v) is 3.54. The molecule has 19 heavy (non-hydrogen) atoms. The highest BCUT2D eigenvalue weighted by atomic mass is 32.1. The minimum Gasteiger partial charge on any atom is -0.314 e. The Morgan fingerprint density at radius 2 is 1.95 bits per heavy atom. The second-order valence-corrected chi connectivity index (χ2v) is 5.82. The number of hydrogen-bond donors (Lipinski definition) is 1. The minimum atomic E-state index is 0.307. The van der Waals surface area contributed by atoms with Crippen LogP contribution in [0.2, 0.25) is 0 Å². The van der Waals surface area contributed by atoms with Crippen LogP contribution < -0.4 is 5.32 Å². The molecule has 1 aromatic carbocycles. The number of aryl methyl sites for hydroxylation is 1. The molecule has 0 amide bonds. The molecule has 0 spiro atoms. The fourth-order valence-electron chi connectivity index (χ4n) is 2.58. The summed E-state index contributed by atoms with van der Waals surface area (Å²) in [6, 6.07) is 11.0. The molecule has 1 atom stereocenters. The summed E-state index contributed by atoms with van der Waals surface area (Å²) < 4.78 is 0. The molecule has 1 unspecified atom stereocenters. The van der Waals surface area contributed by atoms with E-state index >= 15 is 0 Å². The molecule has 4 heteroatoms. The van der Waals surface area contributed by atoms with Crippen molar-refractivity contribution in [1.82, 2.24) is 15.2 Å². The molecule has 1 aliphatic rings. The van der Waals surface area contributed by atoms with Gasteiger partial charge < -0.3 is 5.32 Å². The van der Waals surface area contributed by atoms with Crippen LogP contribution in [0.25, 0.3) is 0 Å². The summed E-state index contributed by atoms with van der Waals surface area (Å²) in [7, 11) is 0. The predicted octanol–water partition coefficient (Wildman–Crippen LogP) is 2.45. The van der Waals surface area contributed by atoms with Crippen molar-refractivity contribution in [1.29, 1.82) is 0 Å². The van der Waals surface area contributed by atoms with Crippen LogP contribution in [0, 0.1) is 6.92 Å². The Balaban J connectivity index is 1.95. The lowest BCUT2D eigenvalue weighted by atomic mass is 10.1. The molecular weight excluding hydrogens is 254 g/mol. The van der Waals surface area contributed by atoms with Gasteiger partial charge >= 0.3 is 0 Å². The van der Waals surface area contributed by atoms with Crippen molar-refractivity contribution in [2.24, 2.45) is 0 Å². The highest BCUT2D eigenvalue weighted by Gasteiger charge is 2.25. The van der Waals surface area contributed by atoms with Crippen molar-refractivity contribution < 1.29 is 0 Å². The van der Waals surface area contributed by atoms with Crippen molar-refractivity contribution in [2.45, 2.75) is 13.0 Å². The quantitative estimate of drug-likeness (QED) is 0.931. The van der Waals surface area contributed by atoms with Crippen molar-refractivity contribution in [2.75, 3.05) is 26.2 Å². The first-order valence-electron chi connectivity index (χ1n) is 6.76. The van der Waals surface area contributed by atoms with Crippen molar-refractivity contribution in [3.8, 4) is 0 Å². The molecule has 0 bridgehead atoms. The first-order valence-corrected chi connectivity index (χ1v) is 7.64. The highest BCUT2D eigenvalue weighted by molar-refractivity contribution is 7.09. The molecule has 0 saturated carbocycles. The summed E-state index contributed by atoms with van der Waals surface area (Å²) in [5, 5.41) is 6.78. The van der Waals surface area contributed by atoms with Gasteiger partial charge in [-0.15, -0.1) is 11.3 Å². The molecule has 3 nitrogen and oxygen atoms in total.